The number of terminal acetylenes is 1. The van der Waals surface area contributed by atoms with Crippen LogP contribution < -0.4 is 9.04 Å². The number of nitrogens with zero attached hydrogens (tertiary/aromatic N) is 2. The lowest BCUT2D eigenvalue weighted by Gasteiger charge is -2.28. The van der Waals surface area contributed by atoms with E-state index in [1.165, 1.54) is 21.3 Å². The van der Waals surface area contributed by atoms with Crippen molar-refractivity contribution in [1.29, 1.82) is 0 Å². The molecule has 2 aromatic rings. The van der Waals surface area contributed by atoms with Crippen molar-refractivity contribution in [2.75, 3.05) is 31.6 Å². The molecule has 0 atom stereocenters. The molecule has 0 aliphatic carbocycles. The monoisotopic (exact) mass is 472 g/mol. The Labute approximate surface area is 194 Å². The second-order valence-corrected chi connectivity index (χ2v) is 9.95. The summed E-state index contributed by atoms with van der Waals surface area (Å²) in [6.07, 6.45) is 5.16. The van der Waals surface area contributed by atoms with Gasteiger partial charge in [-0.25, -0.2) is 13.2 Å². The van der Waals surface area contributed by atoms with Gasteiger partial charge in [0.2, 0.25) is 0 Å². The summed E-state index contributed by atoms with van der Waals surface area (Å²) >= 11 is 0. The van der Waals surface area contributed by atoms with Gasteiger partial charge in [0.25, 0.3) is 15.9 Å². The van der Waals surface area contributed by atoms with E-state index in [1.807, 2.05) is 13.8 Å². The number of hydrogen-bond donors (Lipinski definition) is 1. The van der Waals surface area contributed by atoms with Crippen molar-refractivity contribution >= 4 is 27.6 Å². The Morgan fingerprint density at radius 2 is 1.82 bits per heavy atom. The Bertz CT molecular complexity index is 1200. The third-order valence-corrected chi connectivity index (χ3v) is 6.51. The number of benzene rings is 2. The minimum atomic E-state index is -4.14. The second kappa shape index (κ2) is 10.4. The van der Waals surface area contributed by atoms with Crippen molar-refractivity contribution in [3.05, 3.63) is 53.1 Å². The molecule has 0 fully saturated rings. The number of sulfonamides is 1. The molecule has 0 radical (unpaired) electrons. The van der Waals surface area contributed by atoms with Gasteiger partial charge in [0.1, 0.15) is 17.9 Å². The number of carbonyl (C=O) groups is 2. The van der Waals surface area contributed by atoms with Crippen LogP contribution in [0.5, 0.6) is 5.75 Å². The molecule has 8 nitrogen and oxygen atoms in total. The summed E-state index contributed by atoms with van der Waals surface area (Å²) in [6.45, 7) is 5.48. The van der Waals surface area contributed by atoms with Crippen molar-refractivity contribution in [3.63, 3.8) is 0 Å². The number of rotatable bonds is 9. The zero-order valence-electron chi connectivity index (χ0n) is 19.3. The molecule has 0 spiro atoms. The van der Waals surface area contributed by atoms with Crippen LogP contribution in [0.15, 0.2) is 41.3 Å². The highest BCUT2D eigenvalue weighted by Crippen LogP contribution is 2.31. The summed E-state index contributed by atoms with van der Waals surface area (Å²) in [7, 11) is -0.862. The van der Waals surface area contributed by atoms with Gasteiger partial charge in [-0.3, -0.25) is 9.10 Å². The van der Waals surface area contributed by atoms with E-state index in [2.05, 4.69) is 5.92 Å². The highest BCUT2D eigenvalue weighted by atomic mass is 32.2. The minimum Gasteiger partial charge on any atom is -0.480 e. The van der Waals surface area contributed by atoms with E-state index < -0.39 is 16.0 Å². The van der Waals surface area contributed by atoms with Crippen molar-refractivity contribution in [2.24, 2.45) is 5.92 Å². The highest BCUT2D eigenvalue weighted by molar-refractivity contribution is 7.92. The van der Waals surface area contributed by atoms with Gasteiger partial charge in [-0.15, -0.1) is 6.42 Å². The largest absolute Gasteiger partial charge is 0.480 e. The lowest BCUT2D eigenvalue weighted by Crippen LogP contribution is -2.35. The van der Waals surface area contributed by atoms with E-state index in [1.54, 1.807) is 39.2 Å². The van der Waals surface area contributed by atoms with Gasteiger partial charge in [0, 0.05) is 26.2 Å². The molecule has 0 aliphatic heterocycles. The fourth-order valence-corrected chi connectivity index (χ4v) is 4.91. The zero-order chi connectivity index (χ0) is 24.9. The van der Waals surface area contributed by atoms with E-state index in [0.29, 0.717) is 16.8 Å². The van der Waals surface area contributed by atoms with Gasteiger partial charge in [0.15, 0.2) is 0 Å². The van der Waals surface area contributed by atoms with Crippen LogP contribution in [0.25, 0.3) is 0 Å². The average Bonchev–Trinajstić information content (AvgIpc) is 2.75. The molecule has 0 unspecified atom stereocenters. The first kappa shape index (κ1) is 25.7. The van der Waals surface area contributed by atoms with E-state index >= 15 is 0 Å². The summed E-state index contributed by atoms with van der Waals surface area (Å²) in [6, 6.07) is 8.45. The van der Waals surface area contributed by atoms with Crippen LogP contribution in [0.3, 0.4) is 0 Å². The van der Waals surface area contributed by atoms with Crippen molar-refractivity contribution < 1.29 is 27.9 Å². The number of amides is 1. The van der Waals surface area contributed by atoms with Gasteiger partial charge < -0.3 is 14.7 Å². The van der Waals surface area contributed by atoms with E-state index in [4.69, 9.17) is 11.2 Å². The maximum absolute atomic E-state index is 13.6. The number of aromatic carboxylic acids is 1. The van der Waals surface area contributed by atoms with Gasteiger partial charge in [0.05, 0.1) is 10.6 Å². The van der Waals surface area contributed by atoms with Crippen LogP contribution in [0, 0.1) is 25.2 Å². The number of carboxylic acids is 1. The van der Waals surface area contributed by atoms with Gasteiger partial charge in [-0.1, -0.05) is 19.8 Å². The molecule has 2 rings (SSSR count). The molecule has 0 saturated heterocycles. The molecule has 0 aliphatic rings. The molecular weight excluding hydrogens is 444 g/mol. The Morgan fingerprint density at radius 1 is 1.15 bits per heavy atom. The fraction of sp³-hybridized carbons (Fsp3) is 0.333. The predicted molar refractivity (Wildman–Crippen MR) is 126 cm³/mol. The quantitative estimate of drug-likeness (QED) is 0.562. The first-order valence-electron chi connectivity index (χ1n) is 10.2. The Balaban J connectivity index is 2.61. The number of aryl methyl sites for hydroxylation is 1. The van der Waals surface area contributed by atoms with Gasteiger partial charge in [-0.05, 0) is 54.8 Å². The summed E-state index contributed by atoms with van der Waals surface area (Å²) in [4.78, 5) is 25.3. The number of anilines is 1. The van der Waals surface area contributed by atoms with E-state index in [9.17, 15) is 23.1 Å². The van der Waals surface area contributed by atoms with Crippen LogP contribution in [0.1, 0.15) is 40.1 Å². The van der Waals surface area contributed by atoms with Crippen molar-refractivity contribution in [1.82, 2.24) is 4.90 Å². The summed E-state index contributed by atoms with van der Waals surface area (Å²) in [5.74, 6) is 0.667. The molecule has 1 N–H and O–H groups in total. The number of carbonyl (C=O) groups excluding carboxylic acids is 1. The van der Waals surface area contributed by atoms with Crippen LogP contribution in [-0.4, -0.2) is 57.5 Å². The van der Waals surface area contributed by atoms with Crippen molar-refractivity contribution in [3.8, 4) is 18.1 Å². The molecule has 0 saturated carbocycles. The third-order valence-electron chi connectivity index (χ3n) is 4.73. The van der Waals surface area contributed by atoms with Gasteiger partial charge in [-0.2, -0.15) is 0 Å². The van der Waals surface area contributed by atoms with Crippen LogP contribution in [-0.2, 0) is 10.0 Å². The van der Waals surface area contributed by atoms with Crippen LogP contribution in [0.4, 0.5) is 5.69 Å². The summed E-state index contributed by atoms with van der Waals surface area (Å²) in [5, 5.41) is 9.55. The fourth-order valence-electron chi connectivity index (χ4n) is 3.19. The molecule has 0 bridgehead atoms. The number of carboxylic acid groups (broad SMARTS) is 1. The first-order valence-corrected chi connectivity index (χ1v) is 11.6. The summed E-state index contributed by atoms with van der Waals surface area (Å²) in [5.41, 5.74) is 1.13. The molecule has 0 heterocycles. The SMILES string of the molecule is C#CCOc1ccc(S(=O)(=O)N(CC(C)C)c2ccc(C(=O)N(C)C)cc2C)cc1C(=O)O. The first-order chi connectivity index (χ1) is 15.4. The lowest BCUT2D eigenvalue weighted by atomic mass is 10.1. The Kier molecular flexibility index (Phi) is 8.12. The molecule has 1 amide bonds. The lowest BCUT2D eigenvalue weighted by molar-refractivity contribution is 0.0692. The van der Waals surface area contributed by atoms with Crippen LogP contribution >= 0.6 is 0 Å². The molecule has 0 aromatic heterocycles. The Morgan fingerprint density at radius 3 is 2.33 bits per heavy atom. The normalized spacial score (nSPS) is 11.1. The van der Waals surface area contributed by atoms with E-state index in [0.717, 1.165) is 6.07 Å². The van der Waals surface area contributed by atoms with Crippen LogP contribution in [0.2, 0.25) is 0 Å². The standard InChI is InChI=1S/C24H28N2O6S/c1-7-12-32-22-11-9-19(14-20(22)24(28)29)33(30,31)26(15-16(2)3)21-10-8-18(13-17(21)4)23(27)25(5)6/h1,8-11,13-14,16H,12,15H2,2-6H3,(H,28,29). The van der Waals surface area contributed by atoms with E-state index in [-0.39, 0.29) is 41.2 Å². The number of hydrogen-bond acceptors (Lipinski definition) is 5. The molecule has 176 valence electrons. The molecule has 9 heteroatoms. The smallest absolute Gasteiger partial charge is 0.339 e. The summed E-state index contributed by atoms with van der Waals surface area (Å²) < 4.78 is 33.7. The predicted octanol–water partition coefficient (Wildman–Crippen LogP) is 3.26. The molecular formula is C24H28N2O6S. The maximum Gasteiger partial charge on any atom is 0.339 e. The van der Waals surface area contributed by atoms with Gasteiger partial charge >= 0.3 is 5.97 Å². The highest BCUT2D eigenvalue weighted by Gasteiger charge is 2.29. The molecule has 33 heavy (non-hydrogen) atoms. The Hall–Kier alpha value is -3.51. The second-order valence-electron chi connectivity index (χ2n) is 8.09. The maximum atomic E-state index is 13.6. The zero-order valence-corrected chi connectivity index (χ0v) is 20.1. The average molecular weight is 473 g/mol. The third kappa shape index (κ3) is 5.84. The topological polar surface area (TPSA) is 104 Å². The minimum absolute atomic E-state index is 0.0162. The van der Waals surface area contributed by atoms with Crippen molar-refractivity contribution in [2.45, 2.75) is 25.7 Å². The molecule has 2 aromatic carbocycles. The number of ether oxygens (including phenoxy) is 1.